The summed E-state index contributed by atoms with van der Waals surface area (Å²) in [6.07, 6.45) is 1.11. The second-order valence-corrected chi connectivity index (χ2v) is 6.13. The summed E-state index contributed by atoms with van der Waals surface area (Å²) in [5, 5.41) is 4.06. The number of hydrogen-bond acceptors (Lipinski definition) is 5. The Kier molecular flexibility index (Phi) is 4.01. The molecule has 1 unspecified atom stereocenters. The van der Waals surface area contributed by atoms with E-state index in [-0.39, 0.29) is 6.10 Å². The number of hydrogen-bond donors (Lipinski definition) is 0. The molecule has 0 N–H and O–H groups in total. The topological polar surface area (TPSA) is 51.4 Å². The highest BCUT2D eigenvalue weighted by atomic mass is 16.5. The SMILES string of the molecule is CN(Cc1nc(-c2ccccc2)no1)CC1Cc2ccccc2O1. The molecule has 0 aliphatic carbocycles. The molecule has 2 heterocycles. The van der Waals surface area contributed by atoms with Crippen LogP contribution >= 0.6 is 0 Å². The Morgan fingerprint density at radius 1 is 1.08 bits per heavy atom. The van der Waals surface area contributed by atoms with Crippen molar-refractivity contribution in [1.29, 1.82) is 0 Å². The van der Waals surface area contributed by atoms with E-state index in [1.165, 1.54) is 5.56 Å². The first kappa shape index (κ1) is 14.9. The van der Waals surface area contributed by atoms with Gasteiger partial charge >= 0.3 is 0 Å². The van der Waals surface area contributed by atoms with Crippen molar-refractivity contribution in [2.24, 2.45) is 0 Å². The Hall–Kier alpha value is -2.66. The second kappa shape index (κ2) is 6.45. The van der Waals surface area contributed by atoms with Crippen LogP contribution in [-0.4, -0.2) is 34.7 Å². The molecule has 0 radical (unpaired) electrons. The molecule has 4 rings (SSSR count). The van der Waals surface area contributed by atoms with Crippen molar-refractivity contribution in [1.82, 2.24) is 15.0 Å². The Balaban J connectivity index is 1.36. The molecule has 0 spiro atoms. The molecule has 0 fully saturated rings. The zero-order chi connectivity index (χ0) is 16.4. The minimum absolute atomic E-state index is 0.170. The van der Waals surface area contributed by atoms with Gasteiger partial charge in [0, 0.05) is 18.5 Å². The summed E-state index contributed by atoms with van der Waals surface area (Å²) in [7, 11) is 2.04. The number of fused-ring (bicyclic) bond motifs is 1. The predicted octanol–water partition coefficient (Wildman–Crippen LogP) is 3.17. The minimum atomic E-state index is 0.170. The third-order valence-electron chi connectivity index (χ3n) is 4.13. The summed E-state index contributed by atoms with van der Waals surface area (Å²) >= 11 is 0. The maximum atomic E-state index is 5.98. The smallest absolute Gasteiger partial charge is 0.241 e. The average molecular weight is 321 g/mol. The summed E-state index contributed by atoms with van der Waals surface area (Å²) in [5.41, 5.74) is 2.24. The van der Waals surface area contributed by atoms with Gasteiger partial charge in [0.15, 0.2) is 0 Å². The highest BCUT2D eigenvalue weighted by molar-refractivity contribution is 5.53. The number of nitrogens with zero attached hydrogens (tertiary/aromatic N) is 3. The highest BCUT2D eigenvalue weighted by Gasteiger charge is 2.24. The number of ether oxygens (including phenoxy) is 1. The van der Waals surface area contributed by atoms with Crippen LogP contribution in [0.5, 0.6) is 5.75 Å². The van der Waals surface area contributed by atoms with Gasteiger partial charge in [0.05, 0.1) is 6.54 Å². The van der Waals surface area contributed by atoms with Crippen LogP contribution in [0.4, 0.5) is 0 Å². The molecule has 1 aliphatic rings. The lowest BCUT2D eigenvalue weighted by molar-refractivity contribution is 0.155. The van der Waals surface area contributed by atoms with Gasteiger partial charge < -0.3 is 9.26 Å². The van der Waals surface area contributed by atoms with Crippen LogP contribution in [-0.2, 0) is 13.0 Å². The minimum Gasteiger partial charge on any atom is -0.488 e. The number of para-hydroxylation sites is 1. The quantitative estimate of drug-likeness (QED) is 0.722. The van der Waals surface area contributed by atoms with E-state index in [9.17, 15) is 0 Å². The van der Waals surface area contributed by atoms with Gasteiger partial charge in [0.1, 0.15) is 11.9 Å². The summed E-state index contributed by atoms with van der Waals surface area (Å²) in [6.45, 7) is 1.42. The standard InChI is InChI=1S/C19H19N3O2/c1-22(12-16-11-15-9-5-6-10-17(15)23-16)13-18-20-19(21-24-18)14-7-3-2-4-8-14/h2-10,16H,11-13H2,1H3. The van der Waals surface area contributed by atoms with Gasteiger partial charge in [0.25, 0.3) is 0 Å². The van der Waals surface area contributed by atoms with Crippen LogP contribution in [0.25, 0.3) is 11.4 Å². The molecule has 0 saturated carbocycles. The first-order valence-electron chi connectivity index (χ1n) is 8.09. The molecule has 3 aromatic rings. The molecule has 0 amide bonds. The van der Waals surface area contributed by atoms with Gasteiger partial charge in [-0.3, -0.25) is 4.90 Å². The van der Waals surface area contributed by atoms with Crippen molar-refractivity contribution in [2.45, 2.75) is 19.1 Å². The Morgan fingerprint density at radius 3 is 2.71 bits per heavy atom. The van der Waals surface area contributed by atoms with E-state index in [1.807, 2.05) is 49.5 Å². The van der Waals surface area contributed by atoms with Crippen molar-refractivity contribution >= 4 is 0 Å². The second-order valence-electron chi connectivity index (χ2n) is 6.13. The lowest BCUT2D eigenvalue weighted by atomic mass is 10.1. The molecule has 1 aromatic heterocycles. The molecule has 24 heavy (non-hydrogen) atoms. The van der Waals surface area contributed by atoms with E-state index in [1.54, 1.807) is 0 Å². The number of benzene rings is 2. The van der Waals surface area contributed by atoms with E-state index < -0.39 is 0 Å². The van der Waals surface area contributed by atoms with Crippen molar-refractivity contribution in [3.05, 3.63) is 66.1 Å². The normalized spacial score (nSPS) is 16.2. The van der Waals surface area contributed by atoms with E-state index in [4.69, 9.17) is 9.26 Å². The molecule has 0 saturated heterocycles. The maximum absolute atomic E-state index is 5.98. The Labute approximate surface area is 140 Å². The van der Waals surface area contributed by atoms with E-state index in [0.717, 1.165) is 24.3 Å². The molecule has 1 aliphatic heterocycles. The Bertz CT molecular complexity index is 791. The number of rotatable bonds is 5. The van der Waals surface area contributed by atoms with E-state index in [2.05, 4.69) is 27.2 Å². The lowest BCUT2D eigenvalue weighted by Gasteiger charge is -2.18. The zero-order valence-electron chi connectivity index (χ0n) is 13.6. The fourth-order valence-electron chi connectivity index (χ4n) is 3.02. The summed E-state index contributed by atoms with van der Waals surface area (Å²) in [4.78, 5) is 6.63. The Morgan fingerprint density at radius 2 is 1.88 bits per heavy atom. The van der Waals surface area contributed by atoms with Crippen molar-refractivity contribution < 1.29 is 9.26 Å². The fraction of sp³-hybridized carbons (Fsp3) is 0.263. The lowest BCUT2D eigenvalue weighted by Crippen LogP contribution is -2.31. The van der Waals surface area contributed by atoms with Gasteiger partial charge in [-0.1, -0.05) is 53.7 Å². The van der Waals surface area contributed by atoms with E-state index in [0.29, 0.717) is 18.3 Å². The highest BCUT2D eigenvalue weighted by Crippen LogP contribution is 2.28. The van der Waals surface area contributed by atoms with Crippen molar-refractivity contribution in [3.63, 3.8) is 0 Å². The van der Waals surface area contributed by atoms with Crippen LogP contribution in [0.3, 0.4) is 0 Å². The third-order valence-corrected chi connectivity index (χ3v) is 4.13. The monoisotopic (exact) mass is 321 g/mol. The number of likely N-dealkylation sites (N-methyl/N-ethyl adjacent to an activating group) is 1. The largest absolute Gasteiger partial charge is 0.488 e. The van der Waals surface area contributed by atoms with Gasteiger partial charge in [0.2, 0.25) is 11.7 Å². The zero-order valence-corrected chi connectivity index (χ0v) is 13.6. The molecular weight excluding hydrogens is 302 g/mol. The van der Waals surface area contributed by atoms with Crippen LogP contribution < -0.4 is 4.74 Å². The average Bonchev–Trinajstić information content (AvgIpc) is 3.21. The summed E-state index contributed by atoms with van der Waals surface area (Å²) < 4.78 is 11.4. The predicted molar refractivity (Wildman–Crippen MR) is 90.6 cm³/mol. The molecule has 2 aromatic carbocycles. The van der Waals surface area contributed by atoms with Crippen LogP contribution in [0.15, 0.2) is 59.1 Å². The molecule has 0 bridgehead atoms. The van der Waals surface area contributed by atoms with Crippen LogP contribution in [0.1, 0.15) is 11.5 Å². The van der Waals surface area contributed by atoms with Gasteiger partial charge in [-0.25, -0.2) is 0 Å². The number of aromatic nitrogens is 2. The van der Waals surface area contributed by atoms with Crippen molar-refractivity contribution in [2.75, 3.05) is 13.6 Å². The van der Waals surface area contributed by atoms with Gasteiger partial charge in [-0.15, -0.1) is 0 Å². The van der Waals surface area contributed by atoms with Gasteiger partial charge in [-0.05, 0) is 18.7 Å². The molecule has 1 atom stereocenters. The first-order valence-corrected chi connectivity index (χ1v) is 8.09. The molecular formula is C19H19N3O2. The summed E-state index contributed by atoms with van der Waals surface area (Å²) in [6, 6.07) is 18.1. The molecule has 5 nitrogen and oxygen atoms in total. The van der Waals surface area contributed by atoms with Crippen LogP contribution in [0, 0.1) is 0 Å². The first-order chi connectivity index (χ1) is 11.8. The third kappa shape index (κ3) is 3.16. The molecule has 122 valence electrons. The van der Waals surface area contributed by atoms with Crippen LogP contribution in [0.2, 0.25) is 0 Å². The van der Waals surface area contributed by atoms with Crippen molar-refractivity contribution in [3.8, 4) is 17.1 Å². The van der Waals surface area contributed by atoms with E-state index >= 15 is 0 Å². The van der Waals surface area contributed by atoms with Gasteiger partial charge in [-0.2, -0.15) is 4.98 Å². The maximum Gasteiger partial charge on any atom is 0.241 e. The molecule has 5 heteroatoms. The fourth-order valence-corrected chi connectivity index (χ4v) is 3.02. The summed E-state index contributed by atoms with van der Waals surface area (Å²) in [5.74, 6) is 2.25.